The van der Waals surface area contributed by atoms with E-state index in [2.05, 4.69) is 48.9 Å². The van der Waals surface area contributed by atoms with Crippen molar-refractivity contribution < 1.29 is 14.3 Å². The summed E-state index contributed by atoms with van der Waals surface area (Å²) in [6, 6.07) is 10.6. The SMILES string of the molecule is CC.CCCC(CCC)OCCc1ccccc1.COC=O. The highest BCUT2D eigenvalue weighted by molar-refractivity contribution is 5.36. The Bertz CT molecular complexity index is 306. The van der Waals surface area contributed by atoms with E-state index in [4.69, 9.17) is 9.53 Å². The van der Waals surface area contributed by atoms with Gasteiger partial charge in [0, 0.05) is 0 Å². The quantitative estimate of drug-likeness (QED) is 0.600. The molecule has 0 N–H and O–H groups in total. The van der Waals surface area contributed by atoms with Crippen LogP contribution in [0.4, 0.5) is 0 Å². The van der Waals surface area contributed by atoms with Crippen molar-refractivity contribution in [2.75, 3.05) is 13.7 Å². The zero-order valence-electron chi connectivity index (χ0n) is 15.0. The van der Waals surface area contributed by atoms with E-state index in [0.717, 1.165) is 13.0 Å². The summed E-state index contributed by atoms with van der Waals surface area (Å²) in [4.78, 5) is 8.95. The molecule has 22 heavy (non-hydrogen) atoms. The Kier molecular flexibility index (Phi) is 20.5. The smallest absolute Gasteiger partial charge is 0.292 e. The Hall–Kier alpha value is -1.35. The van der Waals surface area contributed by atoms with Crippen LogP contribution in [-0.2, 0) is 20.7 Å². The van der Waals surface area contributed by atoms with Crippen LogP contribution in [0, 0.1) is 0 Å². The molecule has 0 spiro atoms. The van der Waals surface area contributed by atoms with E-state index < -0.39 is 0 Å². The molecule has 0 aliphatic rings. The Morgan fingerprint density at radius 2 is 1.55 bits per heavy atom. The monoisotopic (exact) mass is 310 g/mol. The van der Waals surface area contributed by atoms with E-state index in [1.807, 2.05) is 13.8 Å². The van der Waals surface area contributed by atoms with E-state index in [9.17, 15) is 0 Å². The number of benzene rings is 1. The van der Waals surface area contributed by atoms with Gasteiger partial charge in [-0.3, -0.25) is 4.79 Å². The zero-order valence-corrected chi connectivity index (χ0v) is 15.0. The average Bonchev–Trinajstić information content (AvgIpc) is 2.58. The first-order chi connectivity index (χ1) is 10.8. The summed E-state index contributed by atoms with van der Waals surface area (Å²) < 4.78 is 9.79. The van der Waals surface area contributed by atoms with Crippen molar-refractivity contribution in [2.24, 2.45) is 0 Å². The van der Waals surface area contributed by atoms with E-state index in [-0.39, 0.29) is 0 Å². The van der Waals surface area contributed by atoms with Gasteiger partial charge in [-0.05, 0) is 24.8 Å². The molecule has 0 bridgehead atoms. The minimum Gasteiger partial charge on any atom is -0.471 e. The van der Waals surface area contributed by atoms with Crippen LogP contribution >= 0.6 is 0 Å². The predicted molar refractivity (Wildman–Crippen MR) is 94.1 cm³/mol. The van der Waals surface area contributed by atoms with Gasteiger partial charge >= 0.3 is 0 Å². The van der Waals surface area contributed by atoms with Gasteiger partial charge in [-0.15, -0.1) is 0 Å². The van der Waals surface area contributed by atoms with Crippen LogP contribution in [0.1, 0.15) is 58.9 Å². The Morgan fingerprint density at radius 3 is 1.95 bits per heavy atom. The van der Waals surface area contributed by atoms with Gasteiger partial charge in [0.1, 0.15) is 0 Å². The molecule has 0 aromatic heterocycles. The fourth-order valence-electron chi connectivity index (χ4n) is 1.94. The maximum Gasteiger partial charge on any atom is 0.292 e. The maximum absolute atomic E-state index is 8.95. The lowest BCUT2D eigenvalue weighted by atomic mass is 10.1. The third kappa shape index (κ3) is 15.0. The largest absolute Gasteiger partial charge is 0.471 e. The summed E-state index contributed by atoms with van der Waals surface area (Å²) in [5.74, 6) is 0. The summed E-state index contributed by atoms with van der Waals surface area (Å²) in [5.41, 5.74) is 1.37. The number of methoxy groups -OCH3 is 1. The molecule has 0 radical (unpaired) electrons. The van der Waals surface area contributed by atoms with Crippen LogP contribution in [0.3, 0.4) is 0 Å². The number of hydrogen-bond donors (Lipinski definition) is 0. The molecular formula is C19H34O3. The minimum absolute atomic E-state index is 0.375. The fraction of sp³-hybridized carbons (Fsp3) is 0.632. The lowest BCUT2D eigenvalue weighted by Crippen LogP contribution is -2.14. The third-order valence-corrected chi connectivity index (χ3v) is 2.90. The molecule has 0 aliphatic carbocycles. The van der Waals surface area contributed by atoms with Crippen molar-refractivity contribution >= 4 is 6.47 Å². The summed E-state index contributed by atoms with van der Waals surface area (Å²) in [5, 5.41) is 0. The summed E-state index contributed by atoms with van der Waals surface area (Å²) in [7, 11) is 1.31. The van der Waals surface area contributed by atoms with Crippen molar-refractivity contribution in [3.8, 4) is 0 Å². The molecule has 3 heteroatoms. The predicted octanol–water partition coefficient (Wildman–Crippen LogP) is 5.03. The summed E-state index contributed by atoms with van der Waals surface area (Å²) in [6.07, 6.45) is 6.33. The number of hydrogen-bond acceptors (Lipinski definition) is 3. The van der Waals surface area contributed by atoms with Crippen LogP contribution in [0.2, 0.25) is 0 Å². The van der Waals surface area contributed by atoms with Crippen molar-refractivity contribution in [1.82, 2.24) is 0 Å². The second kappa shape index (κ2) is 19.7. The molecule has 0 saturated carbocycles. The second-order valence-corrected chi connectivity index (χ2v) is 4.64. The molecular weight excluding hydrogens is 276 g/mol. The number of ether oxygens (including phenoxy) is 2. The average molecular weight is 310 g/mol. The molecule has 1 rings (SSSR count). The third-order valence-electron chi connectivity index (χ3n) is 2.90. The number of carbonyl (C=O) groups excluding carboxylic acids is 1. The van der Waals surface area contributed by atoms with Crippen LogP contribution in [0.15, 0.2) is 30.3 Å². The first-order valence-electron chi connectivity index (χ1n) is 8.40. The molecule has 1 aromatic rings. The fourth-order valence-corrected chi connectivity index (χ4v) is 1.94. The highest BCUT2D eigenvalue weighted by Crippen LogP contribution is 2.10. The van der Waals surface area contributed by atoms with Gasteiger partial charge in [-0.25, -0.2) is 0 Å². The van der Waals surface area contributed by atoms with Crippen molar-refractivity contribution in [3.05, 3.63) is 35.9 Å². The van der Waals surface area contributed by atoms with Gasteiger partial charge in [0.05, 0.1) is 19.8 Å². The van der Waals surface area contributed by atoms with E-state index in [1.165, 1.54) is 38.4 Å². The van der Waals surface area contributed by atoms with Crippen molar-refractivity contribution in [3.63, 3.8) is 0 Å². The molecule has 0 saturated heterocycles. The van der Waals surface area contributed by atoms with Crippen LogP contribution < -0.4 is 0 Å². The Balaban J connectivity index is 0. The van der Waals surface area contributed by atoms with Gasteiger partial charge in [0.15, 0.2) is 0 Å². The first kappa shape index (κ1) is 22.9. The summed E-state index contributed by atoms with van der Waals surface area (Å²) in [6.45, 7) is 9.68. The zero-order chi connectivity index (χ0) is 17.1. The molecule has 128 valence electrons. The van der Waals surface area contributed by atoms with E-state index in [1.54, 1.807) is 0 Å². The van der Waals surface area contributed by atoms with Crippen molar-refractivity contribution in [2.45, 2.75) is 65.9 Å². The number of rotatable bonds is 9. The van der Waals surface area contributed by atoms with Crippen LogP contribution in [-0.4, -0.2) is 26.3 Å². The molecule has 0 atom stereocenters. The molecule has 0 aliphatic heterocycles. The lowest BCUT2D eigenvalue weighted by molar-refractivity contribution is -0.126. The second-order valence-electron chi connectivity index (χ2n) is 4.64. The highest BCUT2D eigenvalue weighted by Gasteiger charge is 2.06. The van der Waals surface area contributed by atoms with Gasteiger partial charge in [-0.1, -0.05) is 70.9 Å². The normalized spacial score (nSPS) is 9.18. The van der Waals surface area contributed by atoms with Crippen LogP contribution in [0.25, 0.3) is 0 Å². The van der Waals surface area contributed by atoms with E-state index in [0.29, 0.717) is 12.6 Å². The lowest BCUT2D eigenvalue weighted by Gasteiger charge is -2.16. The van der Waals surface area contributed by atoms with Gasteiger partial charge in [0.25, 0.3) is 6.47 Å². The molecule has 0 unspecified atom stereocenters. The maximum atomic E-state index is 8.95. The topological polar surface area (TPSA) is 35.5 Å². The molecule has 0 heterocycles. The Morgan fingerprint density at radius 1 is 1.05 bits per heavy atom. The van der Waals surface area contributed by atoms with Crippen molar-refractivity contribution in [1.29, 1.82) is 0 Å². The summed E-state index contributed by atoms with van der Waals surface area (Å²) >= 11 is 0. The highest BCUT2D eigenvalue weighted by atomic mass is 16.5. The first-order valence-corrected chi connectivity index (χ1v) is 8.40. The standard InChI is InChI=1S/C15H24O.C2H4O2.C2H6/c1-3-8-15(9-4-2)16-13-12-14-10-6-5-7-11-14;1-4-2-3;1-2/h5-7,10-11,15H,3-4,8-9,12-13H2,1-2H3;2H,1H3;1-2H3. The molecule has 1 aromatic carbocycles. The Labute approximate surface area is 137 Å². The van der Waals surface area contributed by atoms with Gasteiger partial charge < -0.3 is 9.47 Å². The number of carbonyl (C=O) groups is 1. The molecule has 3 nitrogen and oxygen atoms in total. The molecule has 0 fully saturated rings. The van der Waals surface area contributed by atoms with Gasteiger partial charge in [-0.2, -0.15) is 0 Å². The van der Waals surface area contributed by atoms with E-state index >= 15 is 0 Å². The van der Waals surface area contributed by atoms with Gasteiger partial charge in [0.2, 0.25) is 0 Å². The molecule has 0 amide bonds. The van der Waals surface area contributed by atoms with Crippen LogP contribution in [0.5, 0.6) is 0 Å². The minimum atomic E-state index is 0.375.